The summed E-state index contributed by atoms with van der Waals surface area (Å²) in [4.78, 5) is 31.6. The van der Waals surface area contributed by atoms with Gasteiger partial charge in [0.15, 0.2) is 0 Å². The molecule has 0 aliphatic carbocycles. The topological polar surface area (TPSA) is 241 Å². The van der Waals surface area contributed by atoms with Crippen LogP contribution < -0.4 is 10.5 Å². The third-order valence-corrected chi connectivity index (χ3v) is 8.13. The largest absolute Gasteiger partial charge is 0.513 e. The fraction of sp³-hybridized carbons (Fsp3) is 0.562. The summed E-state index contributed by atoms with van der Waals surface area (Å²) in [6, 6.07) is 10.8. The van der Waals surface area contributed by atoms with Gasteiger partial charge in [0, 0.05) is 45.0 Å². The first-order valence-corrected chi connectivity index (χ1v) is 18.3. The number of carbonyl (C=O) groups is 2. The van der Waals surface area contributed by atoms with Gasteiger partial charge in [-0.1, -0.05) is 17.7 Å². The molecule has 2 aromatic carbocycles. The van der Waals surface area contributed by atoms with Crippen molar-refractivity contribution in [2.45, 2.75) is 17.9 Å². The molecule has 0 amide bonds. The van der Waals surface area contributed by atoms with E-state index in [-0.39, 0.29) is 42.8 Å². The highest BCUT2D eigenvalue weighted by Gasteiger charge is 2.14. The predicted molar refractivity (Wildman–Crippen MR) is 190 cm³/mol. The second-order valence-electron chi connectivity index (χ2n) is 9.88. The molecule has 3 N–H and O–H groups in total. The zero-order chi connectivity index (χ0) is 39.0. The summed E-state index contributed by atoms with van der Waals surface area (Å²) < 4.78 is 67.6. The SMILES string of the molecule is COCCOCCOC(=O)Oc1ccc([N+](=O)[O-])cc1.COCCOCCOS(=O)(=O)c1ccc(C)cc1.COCCOCCSCC(N)C(=O)O. The molecule has 0 heterocycles. The number of ether oxygens (including phenoxy) is 8. The first-order chi connectivity index (χ1) is 24.9. The van der Waals surface area contributed by atoms with Crippen LogP contribution in [0, 0.1) is 17.0 Å². The van der Waals surface area contributed by atoms with E-state index in [4.69, 9.17) is 52.9 Å². The predicted octanol–water partition coefficient (Wildman–Crippen LogP) is 2.93. The molecule has 0 aliphatic heterocycles. The van der Waals surface area contributed by atoms with Gasteiger partial charge in [-0.15, -0.1) is 0 Å². The van der Waals surface area contributed by atoms with Crippen LogP contribution in [0.25, 0.3) is 0 Å². The van der Waals surface area contributed by atoms with E-state index in [1.807, 2.05) is 6.92 Å². The summed E-state index contributed by atoms with van der Waals surface area (Å²) in [5, 5.41) is 18.9. The number of carboxylic acids is 1. The highest BCUT2D eigenvalue weighted by molar-refractivity contribution is 7.99. The molecule has 20 heteroatoms. The number of hydrogen-bond acceptors (Lipinski definition) is 17. The maximum absolute atomic E-state index is 11.7. The maximum Gasteiger partial charge on any atom is 0.513 e. The van der Waals surface area contributed by atoms with Crippen molar-refractivity contribution in [3.05, 3.63) is 64.2 Å². The molecule has 2 rings (SSSR count). The lowest BCUT2D eigenvalue weighted by Gasteiger charge is -2.06. The molecule has 1 atom stereocenters. The molecular weight excluding hydrogens is 732 g/mol. The lowest BCUT2D eigenvalue weighted by molar-refractivity contribution is -0.384. The highest BCUT2D eigenvalue weighted by atomic mass is 32.2. The van der Waals surface area contributed by atoms with Crippen molar-refractivity contribution in [3.8, 4) is 5.75 Å². The van der Waals surface area contributed by atoms with Crippen LogP contribution in [0.15, 0.2) is 53.4 Å². The summed E-state index contributed by atoms with van der Waals surface area (Å²) in [5.74, 6) is 0.381. The van der Waals surface area contributed by atoms with Crippen LogP contribution in [0.2, 0.25) is 0 Å². The van der Waals surface area contributed by atoms with E-state index in [9.17, 15) is 28.1 Å². The van der Waals surface area contributed by atoms with Crippen LogP contribution >= 0.6 is 11.8 Å². The summed E-state index contributed by atoms with van der Waals surface area (Å²) in [6.45, 7) is 5.92. The molecule has 18 nitrogen and oxygen atoms in total. The van der Waals surface area contributed by atoms with Gasteiger partial charge >= 0.3 is 12.1 Å². The number of aliphatic carboxylic acids is 1. The average molecular weight is 783 g/mol. The second kappa shape index (κ2) is 31.1. The zero-order valence-corrected chi connectivity index (χ0v) is 31.4. The molecular formula is C32H50N2O16S2. The van der Waals surface area contributed by atoms with Gasteiger partial charge in [0.25, 0.3) is 15.8 Å². The molecule has 296 valence electrons. The second-order valence-corrected chi connectivity index (χ2v) is 12.6. The normalized spacial score (nSPS) is 11.3. The molecule has 0 radical (unpaired) electrons. The smallest absolute Gasteiger partial charge is 0.480 e. The average Bonchev–Trinajstić information content (AvgIpc) is 3.11. The molecule has 0 saturated carbocycles. The van der Waals surface area contributed by atoms with Gasteiger partial charge in [-0.3, -0.25) is 19.1 Å². The van der Waals surface area contributed by atoms with E-state index >= 15 is 0 Å². The van der Waals surface area contributed by atoms with Crippen molar-refractivity contribution in [1.82, 2.24) is 0 Å². The van der Waals surface area contributed by atoms with Gasteiger partial charge in [-0.2, -0.15) is 20.2 Å². The van der Waals surface area contributed by atoms with Crippen LogP contribution in [0.5, 0.6) is 5.75 Å². The number of nitrogens with zero attached hydrogens (tertiary/aromatic N) is 1. The fourth-order valence-corrected chi connectivity index (χ4v) is 4.75. The maximum atomic E-state index is 11.7. The van der Waals surface area contributed by atoms with E-state index in [2.05, 4.69) is 0 Å². The molecule has 0 bridgehead atoms. The summed E-state index contributed by atoms with van der Waals surface area (Å²) in [5.41, 5.74) is 6.21. The van der Waals surface area contributed by atoms with Crippen molar-refractivity contribution in [2.24, 2.45) is 5.73 Å². The molecule has 2 aromatic rings. The first-order valence-electron chi connectivity index (χ1n) is 15.7. The number of hydrogen-bond donors (Lipinski definition) is 2. The van der Waals surface area contributed by atoms with Gasteiger partial charge in [-0.05, 0) is 31.2 Å². The van der Waals surface area contributed by atoms with E-state index in [1.165, 1.54) is 48.2 Å². The Labute approximate surface area is 308 Å². The Morgan fingerprint density at radius 3 is 1.79 bits per heavy atom. The Kier molecular flexibility index (Phi) is 29.1. The summed E-state index contributed by atoms with van der Waals surface area (Å²) >= 11 is 1.48. The number of nitro benzene ring substituents is 1. The highest BCUT2D eigenvalue weighted by Crippen LogP contribution is 2.17. The number of nitro groups is 1. The van der Waals surface area contributed by atoms with Crippen molar-refractivity contribution >= 4 is 39.7 Å². The number of thioether (sulfide) groups is 1. The molecule has 0 fully saturated rings. The van der Waals surface area contributed by atoms with Crippen LogP contribution in [-0.2, 0) is 52.3 Å². The molecule has 52 heavy (non-hydrogen) atoms. The lowest BCUT2D eigenvalue weighted by Crippen LogP contribution is -2.32. The Balaban J connectivity index is 0.000000763. The van der Waals surface area contributed by atoms with Crippen molar-refractivity contribution in [1.29, 1.82) is 0 Å². The molecule has 0 saturated heterocycles. The van der Waals surface area contributed by atoms with Gasteiger partial charge in [0.1, 0.15) is 18.4 Å². The van der Waals surface area contributed by atoms with E-state index in [1.54, 1.807) is 33.5 Å². The third-order valence-electron chi connectivity index (χ3n) is 5.75. The number of carbonyl (C=O) groups excluding carboxylic acids is 1. The standard InChI is InChI=1S/C12H15NO7.C12H18O5S.C8H17NO4S/c1-17-6-7-18-8-9-19-12(14)20-11-4-2-10(3-5-11)13(15)16;1-11-3-5-12(6-4-11)18(13,14)17-10-9-16-8-7-15-2;1-12-2-3-13-4-5-14-6-7(9)8(10)11/h2-5H,6-9H2,1H3;3-6H,7-10H2,1-2H3;7H,2-6,9H2,1H3,(H,10,11). The van der Waals surface area contributed by atoms with Crippen LogP contribution in [0.1, 0.15) is 5.56 Å². The van der Waals surface area contributed by atoms with Crippen molar-refractivity contribution in [3.63, 3.8) is 0 Å². The Morgan fingerprint density at radius 1 is 0.788 bits per heavy atom. The molecule has 0 aliphatic rings. The number of nitrogens with two attached hydrogens (primary N) is 1. The molecule has 0 aromatic heterocycles. The number of non-ortho nitro benzene ring substituents is 1. The number of aryl methyl sites for hydroxylation is 1. The number of rotatable bonds is 25. The number of carboxylic acid groups (broad SMARTS) is 1. The quantitative estimate of drug-likeness (QED) is 0.0367. The van der Waals surface area contributed by atoms with Crippen molar-refractivity contribution < 1.29 is 70.1 Å². The van der Waals surface area contributed by atoms with Gasteiger partial charge in [0.2, 0.25) is 0 Å². The first kappa shape index (κ1) is 48.6. The summed E-state index contributed by atoms with van der Waals surface area (Å²) in [7, 11) is 1.06. The number of benzene rings is 2. The van der Waals surface area contributed by atoms with Gasteiger partial charge in [-0.25, -0.2) is 4.79 Å². The van der Waals surface area contributed by atoms with E-state index in [0.717, 1.165) is 11.3 Å². The van der Waals surface area contributed by atoms with Gasteiger partial charge in [0.05, 0.1) is 75.9 Å². The lowest BCUT2D eigenvalue weighted by atomic mass is 10.2. The van der Waals surface area contributed by atoms with Crippen molar-refractivity contribution in [2.75, 3.05) is 106 Å². The Bertz CT molecular complexity index is 1330. The van der Waals surface area contributed by atoms with Crippen LogP contribution in [-0.4, -0.2) is 142 Å². The minimum absolute atomic E-state index is 0.0000753. The number of methoxy groups -OCH3 is 3. The van der Waals surface area contributed by atoms with E-state index in [0.29, 0.717) is 52.0 Å². The minimum Gasteiger partial charge on any atom is -0.480 e. The van der Waals surface area contributed by atoms with Gasteiger partial charge < -0.3 is 48.7 Å². The Hall–Kier alpha value is -3.44. The zero-order valence-electron chi connectivity index (χ0n) is 29.8. The minimum atomic E-state index is -3.68. The Morgan fingerprint density at radius 2 is 1.29 bits per heavy atom. The molecule has 0 spiro atoms. The molecule has 1 unspecified atom stereocenters. The third kappa shape index (κ3) is 26.4. The summed E-state index contributed by atoms with van der Waals surface area (Å²) in [6.07, 6.45) is -0.894. The monoisotopic (exact) mass is 782 g/mol. The fourth-order valence-electron chi connectivity index (χ4n) is 3.05. The van der Waals surface area contributed by atoms with Crippen LogP contribution in [0.4, 0.5) is 10.5 Å². The van der Waals surface area contributed by atoms with Crippen LogP contribution in [0.3, 0.4) is 0 Å². The van der Waals surface area contributed by atoms with E-state index < -0.39 is 33.2 Å².